The highest BCUT2D eigenvalue weighted by molar-refractivity contribution is 5.63. The molecule has 0 aromatic carbocycles. The van der Waals surface area contributed by atoms with Crippen LogP contribution >= 0.6 is 0 Å². The van der Waals surface area contributed by atoms with Gasteiger partial charge in [0.25, 0.3) is 29.8 Å². The van der Waals surface area contributed by atoms with Crippen LogP contribution in [0.2, 0.25) is 0 Å². The molecule has 0 saturated carbocycles. The quantitative estimate of drug-likeness (QED) is 0.355. The molecule has 0 bridgehead atoms. The minimum absolute atomic E-state index is 0.250. The van der Waals surface area contributed by atoms with E-state index < -0.39 is 29.8 Å². The Labute approximate surface area is 133 Å². The number of rotatable bonds is 0. The van der Waals surface area contributed by atoms with Crippen LogP contribution < -0.4 is 0 Å². The lowest BCUT2D eigenvalue weighted by Gasteiger charge is -1.59. The molecule has 11 nitrogen and oxygen atoms in total. The SMILES string of the molecule is CC(=O)O.CC(=O)O.CC(=O)O.CC(=O)O.CC(=O)O.CCO. The van der Waals surface area contributed by atoms with Gasteiger partial charge in [-0.2, -0.15) is 0 Å². The first-order chi connectivity index (χ1) is 10.1. The average molecular weight is 346 g/mol. The summed E-state index contributed by atoms with van der Waals surface area (Å²) in [4.78, 5) is 45.0. The first kappa shape index (κ1) is 37.0. The molecule has 0 aromatic rings. The number of aliphatic hydroxyl groups is 1. The summed E-state index contributed by atoms with van der Waals surface area (Å²) in [6.45, 7) is 7.35. The molecule has 0 rings (SSSR count). The van der Waals surface area contributed by atoms with E-state index >= 15 is 0 Å². The number of aliphatic hydroxyl groups excluding tert-OH is 1. The van der Waals surface area contributed by atoms with Gasteiger partial charge < -0.3 is 30.6 Å². The molecule has 0 aromatic heterocycles. The number of hydrogen-bond donors (Lipinski definition) is 6. The zero-order valence-corrected chi connectivity index (χ0v) is 13.9. The second-order valence-electron chi connectivity index (χ2n) is 2.91. The van der Waals surface area contributed by atoms with E-state index in [1.165, 1.54) is 0 Å². The molecule has 0 aliphatic heterocycles. The van der Waals surface area contributed by atoms with Crippen LogP contribution in [0.15, 0.2) is 0 Å². The molecule has 0 radical (unpaired) electrons. The summed E-state index contributed by atoms with van der Waals surface area (Å²) in [5.41, 5.74) is 0. The normalized spacial score (nSPS) is 6.22. The van der Waals surface area contributed by atoms with Crippen molar-refractivity contribution in [2.24, 2.45) is 0 Å². The monoisotopic (exact) mass is 346 g/mol. The largest absolute Gasteiger partial charge is 0.481 e. The summed E-state index contributed by atoms with van der Waals surface area (Å²) in [7, 11) is 0. The Morgan fingerprint density at radius 3 is 0.522 bits per heavy atom. The summed E-state index contributed by atoms with van der Waals surface area (Å²) in [5.74, 6) is -4.17. The van der Waals surface area contributed by atoms with Gasteiger partial charge in [-0.25, -0.2) is 0 Å². The van der Waals surface area contributed by atoms with Crippen molar-refractivity contribution in [3.05, 3.63) is 0 Å². The van der Waals surface area contributed by atoms with Crippen LogP contribution in [0, 0.1) is 0 Å². The average Bonchev–Trinajstić information content (AvgIpc) is 2.11. The zero-order chi connectivity index (χ0) is 20.6. The van der Waals surface area contributed by atoms with E-state index in [-0.39, 0.29) is 6.61 Å². The van der Waals surface area contributed by atoms with Gasteiger partial charge in [-0.3, -0.25) is 24.0 Å². The Morgan fingerprint density at radius 2 is 0.522 bits per heavy atom. The van der Waals surface area contributed by atoms with E-state index in [4.69, 9.17) is 54.6 Å². The van der Waals surface area contributed by atoms with E-state index in [0.717, 1.165) is 34.6 Å². The maximum absolute atomic E-state index is 9.00. The lowest BCUT2D eigenvalue weighted by Crippen LogP contribution is -1.78. The standard InChI is InChI=1S/5C2H4O2.C2H6O/c5*1-2(3)4;1-2-3/h5*1H3,(H,3,4);3H,2H2,1H3. The number of aliphatic carboxylic acids is 5. The molecule has 6 N–H and O–H groups in total. The van der Waals surface area contributed by atoms with Crippen LogP contribution in [0.3, 0.4) is 0 Å². The van der Waals surface area contributed by atoms with Crippen molar-refractivity contribution in [3.8, 4) is 0 Å². The maximum atomic E-state index is 9.00. The van der Waals surface area contributed by atoms with Crippen molar-refractivity contribution < 1.29 is 54.6 Å². The molecule has 0 spiro atoms. The number of carboxylic acids is 5. The summed E-state index contributed by atoms with van der Waals surface area (Å²) in [6.07, 6.45) is 0. The molecule has 0 unspecified atom stereocenters. The number of carbonyl (C=O) groups is 5. The van der Waals surface area contributed by atoms with Gasteiger partial charge in [0.15, 0.2) is 0 Å². The minimum Gasteiger partial charge on any atom is -0.481 e. The first-order valence-corrected chi connectivity index (χ1v) is 5.66. The molecular formula is C12H26O11. The molecule has 11 heteroatoms. The first-order valence-electron chi connectivity index (χ1n) is 5.66. The van der Waals surface area contributed by atoms with Crippen LogP contribution in [0.4, 0.5) is 0 Å². The molecule has 0 fully saturated rings. The predicted molar refractivity (Wildman–Crippen MR) is 79.3 cm³/mol. The fraction of sp³-hybridized carbons (Fsp3) is 0.583. The van der Waals surface area contributed by atoms with E-state index in [1.54, 1.807) is 6.92 Å². The van der Waals surface area contributed by atoms with Crippen LogP contribution in [0.1, 0.15) is 41.5 Å². The summed E-state index contributed by atoms with van der Waals surface area (Å²) < 4.78 is 0. The summed E-state index contributed by atoms with van der Waals surface area (Å²) in [5, 5.41) is 44.7. The molecule has 0 amide bonds. The Morgan fingerprint density at radius 1 is 0.522 bits per heavy atom. The zero-order valence-electron chi connectivity index (χ0n) is 13.9. The molecule has 140 valence electrons. The molecule has 0 aliphatic rings. The Hall–Kier alpha value is -2.69. The second-order valence-corrected chi connectivity index (χ2v) is 2.91. The topological polar surface area (TPSA) is 207 Å². The van der Waals surface area contributed by atoms with E-state index in [1.807, 2.05) is 0 Å². The van der Waals surface area contributed by atoms with Crippen molar-refractivity contribution in [3.63, 3.8) is 0 Å². The third kappa shape index (κ3) is 800. The van der Waals surface area contributed by atoms with Gasteiger partial charge in [-0.05, 0) is 6.92 Å². The van der Waals surface area contributed by atoms with Crippen LogP contribution in [0.5, 0.6) is 0 Å². The second kappa shape index (κ2) is 36.5. The highest BCUT2D eigenvalue weighted by Crippen LogP contribution is 1.43. The smallest absolute Gasteiger partial charge is 0.300 e. The highest BCUT2D eigenvalue weighted by Gasteiger charge is 1.67. The van der Waals surface area contributed by atoms with Crippen LogP contribution in [-0.2, 0) is 24.0 Å². The minimum atomic E-state index is -0.833. The number of carboxylic acid groups (broad SMARTS) is 5. The molecule has 0 aliphatic carbocycles. The maximum Gasteiger partial charge on any atom is 0.300 e. The van der Waals surface area contributed by atoms with Gasteiger partial charge in [-0.15, -0.1) is 0 Å². The highest BCUT2D eigenvalue weighted by atomic mass is 16.4. The van der Waals surface area contributed by atoms with Crippen molar-refractivity contribution in [2.75, 3.05) is 6.61 Å². The third-order valence-electron chi connectivity index (χ3n) is 0. The molecule has 23 heavy (non-hydrogen) atoms. The van der Waals surface area contributed by atoms with Gasteiger partial charge in [0.2, 0.25) is 0 Å². The van der Waals surface area contributed by atoms with Crippen LogP contribution in [-0.4, -0.2) is 67.1 Å². The Bertz CT molecular complexity index is 220. The van der Waals surface area contributed by atoms with Gasteiger partial charge in [0, 0.05) is 41.2 Å². The molecule has 0 saturated heterocycles. The van der Waals surface area contributed by atoms with Gasteiger partial charge in [0.1, 0.15) is 0 Å². The van der Waals surface area contributed by atoms with E-state index in [0.29, 0.717) is 0 Å². The molecule has 0 atom stereocenters. The fourth-order valence-electron chi connectivity index (χ4n) is 0. The summed E-state index contributed by atoms with van der Waals surface area (Å²) >= 11 is 0. The van der Waals surface area contributed by atoms with Gasteiger partial charge in [0.05, 0.1) is 0 Å². The number of hydrogen-bond acceptors (Lipinski definition) is 6. The van der Waals surface area contributed by atoms with Gasteiger partial charge >= 0.3 is 0 Å². The molecule has 0 heterocycles. The Balaban J connectivity index is -0.0000000378. The van der Waals surface area contributed by atoms with Crippen LogP contribution in [0.25, 0.3) is 0 Å². The van der Waals surface area contributed by atoms with Crippen molar-refractivity contribution in [2.45, 2.75) is 41.5 Å². The summed E-state index contributed by atoms with van der Waals surface area (Å²) in [6, 6.07) is 0. The molecular weight excluding hydrogens is 320 g/mol. The van der Waals surface area contributed by atoms with Crippen molar-refractivity contribution in [1.82, 2.24) is 0 Å². The lowest BCUT2D eigenvalue weighted by molar-refractivity contribution is -0.135. The fourth-order valence-corrected chi connectivity index (χ4v) is 0. The van der Waals surface area contributed by atoms with E-state index in [9.17, 15) is 0 Å². The predicted octanol–water partition coefficient (Wildman–Crippen LogP) is 0.453. The van der Waals surface area contributed by atoms with Gasteiger partial charge in [-0.1, -0.05) is 0 Å². The van der Waals surface area contributed by atoms with Crippen molar-refractivity contribution >= 4 is 29.8 Å². The Kier molecular flexibility index (Phi) is 58.8. The van der Waals surface area contributed by atoms with Crippen molar-refractivity contribution in [1.29, 1.82) is 0 Å². The lowest BCUT2D eigenvalue weighted by atomic mass is 10.9. The third-order valence-corrected chi connectivity index (χ3v) is 0. The van der Waals surface area contributed by atoms with E-state index in [2.05, 4.69) is 0 Å².